The molecule has 0 saturated carbocycles. The summed E-state index contributed by atoms with van der Waals surface area (Å²) in [5, 5.41) is 14.8. The monoisotopic (exact) mass is 548 g/mol. The number of hydrogen-bond donors (Lipinski definition) is 2. The zero-order valence-corrected chi connectivity index (χ0v) is 24.9. The number of para-hydroxylation sites is 1. The lowest BCUT2D eigenvalue weighted by Crippen LogP contribution is -2.21. The summed E-state index contributed by atoms with van der Waals surface area (Å²) < 4.78 is 0. The van der Waals surface area contributed by atoms with Gasteiger partial charge in [-0.2, -0.15) is 0 Å². The first-order valence-corrected chi connectivity index (χ1v) is 13.9. The van der Waals surface area contributed by atoms with Gasteiger partial charge in [-0.05, 0) is 60.1 Å². The van der Waals surface area contributed by atoms with Crippen molar-refractivity contribution in [3.8, 4) is 5.75 Å². The number of anilines is 1. The third-order valence-corrected chi connectivity index (χ3v) is 7.91. The van der Waals surface area contributed by atoms with Crippen molar-refractivity contribution in [2.75, 3.05) is 5.32 Å². The third-order valence-electron chi connectivity index (χ3n) is 7.91. The van der Waals surface area contributed by atoms with Gasteiger partial charge in [0.05, 0.1) is 16.9 Å². The maximum absolute atomic E-state index is 13.7. The van der Waals surface area contributed by atoms with Gasteiger partial charge in [0.2, 0.25) is 0 Å². The normalized spacial score (nSPS) is 14.0. The number of phenolic OH excluding ortho intramolecular Hbond substituents is 1. The predicted molar refractivity (Wildman–Crippen MR) is 163 cm³/mol. The highest BCUT2D eigenvalue weighted by Gasteiger charge is 2.42. The SMILES string of the molecule is Cc1ccc(C)c2c1C(=O)C(c1ccc3cccc(NC(=O)c4cc(C(C)(C)C)c(O)c(C(C)(C)C)c4)c3n1)C2=O. The summed E-state index contributed by atoms with van der Waals surface area (Å²) >= 11 is 0. The first kappa shape index (κ1) is 28.2. The number of hydrogen-bond acceptors (Lipinski definition) is 5. The van der Waals surface area contributed by atoms with E-state index in [1.54, 1.807) is 24.3 Å². The molecule has 0 spiro atoms. The van der Waals surface area contributed by atoms with Crippen LogP contribution in [0.2, 0.25) is 0 Å². The molecule has 0 atom stereocenters. The van der Waals surface area contributed by atoms with E-state index in [1.165, 1.54) is 0 Å². The van der Waals surface area contributed by atoms with E-state index in [9.17, 15) is 19.5 Å². The average molecular weight is 549 g/mol. The van der Waals surface area contributed by atoms with Gasteiger partial charge in [0.1, 0.15) is 11.7 Å². The van der Waals surface area contributed by atoms with Crippen LogP contribution in [0.15, 0.2) is 54.6 Å². The Morgan fingerprint density at radius 2 is 1.34 bits per heavy atom. The highest BCUT2D eigenvalue weighted by molar-refractivity contribution is 6.30. The number of pyridine rings is 1. The number of carbonyl (C=O) groups is 3. The quantitative estimate of drug-likeness (QED) is 0.258. The Morgan fingerprint density at radius 3 is 1.85 bits per heavy atom. The molecule has 0 bridgehead atoms. The van der Waals surface area contributed by atoms with Gasteiger partial charge in [0.15, 0.2) is 11.6 Å². The van der Waals surface area contributed by atoms with Gasteiger partial charge in [0.25, 0.3) is 5.91 Å². The van der Waals surface area contributed by atoms with E-state index in [0.29, 0.717) is 44.7 Å². The van der Waals surface area contributed by atoms with Crippen LogP contribution in [0.25, 0.3) is 10.9 Å². The van der Waals surface area contributed by atoms with Crippen LogP contribution < -0.4 is 5.32 Å². The summed E-state index contributed by atoms with van der Waals surface area (Å²) in [5.74, 6) is -1.64. The van der Waals surface area contributed by atoms with Crippen molar-refractivity contribution in [2.24, 2.45) is 0 Å². The fourth-order valence-electron chi connectivity index (χ4n) is 5.65. The van der Waals surface area contributed by atoms with Gasteiger partial charge in [0, 0.05) is 33.2 Å². The molecule has 6 nitrogen and oxygen atoms in total. The minimum atomic E-state index is -1.02. The van der Waals surface area contributed by atoms with Crippen LogP contribution in [0, 0.1) is 13.8 Å². The fraction of sp³-hybridized carbons (Fsp3) is 0.314. The van der Waals surface area contributed by atoms with E-state index in [-0.39, 0.29) is 34.1 Å². The number of benzene rings is 3. The van der Waals surface area contributed by atoms with E-state index in [4.69, 9.17) is 4.98 Å². The number of fused-ring (bicyclic) bond motifs is 2. The number of amides is 1. The van der Waals surface area contributed by atoms with Crippen molar-refractivity contribution in [3.05, 3.63) is 99.2 Å². The van der Waals surface area contributed by atoms with Crippen molar-refractivity contribution < 1.29 is 19.5 Å². The fourth-order valence-corrected chi connectivity index (χ4v) is 5.65. The highest BCUT2D eigenvalue weighted by atomic mass is 16.3. The molecule has 0 saturated heterocycles. The number of rotatable bonds is 3. The molecule has 0 unspecified atom stereocenters. The molecular formula is C35H36N2O4. The summed E-state index contributed by atoms with van der Waals surface area (Å²) in [4.78, 5) is 45.4. The Kier molecular flexibility index (Phi) is 6.64. The number of nitrogens with zero attached hydrogens (tertiary/aromatic N) is 1. The van der Waals surface area contributed by atoms with Gasteiger partial charge in [-0.15, -0.1) is 0 Å². The molecular weight excluding hydrogens is 512 g/mol. The van der Waals surface area contributed by atoms with Crippen LogP contribution in [0.5, 0.6) is 5.75 Å². The summed E-state index contributed by atoms with van der Waals surface area (Å²) in [6.07, 6.45) is 0. The molecule has 1 aliphatic rings. The molecule has 5 rings (SSSR count). The van der Waals surface area contributed by atoms with Crippen molar-refractivity contribution in [2.45, 2.75) is 72.1 Å². The lowest BCUT2D eigenvalue weighted by atomic mass is 9.78. The maximum Gasteiger partial charge on any atom is 0.255 e. The van der Waals surface area contributed by atoms with E-state index in [0.717, 1.165) is 16.5 Å². The molecule has 0 fully saturated rings. The first-order valence-electron chi connectivity index (χ1n) is 13.9. The number of ketones is 2. The van der Waals surface area contributed by atoms with Crippen molar-refractivity contribution in [3.63, 3.8) is 0 Å². The Morgan fingerprint density at radius 1 is 0.805 bits per heavy atom. The summed E-state index contributed by atoms with van der Waals surface area (Å²) in [6.45, 7) is 15.7. The van der Waals surface area contributed by atoms with E-state index < -0.39 is 5.92 Å². The molecule has 41 heavy (non-hydrogen) atoms. The van der Waals surface area contributed by atoms with Crippen molar-refractivity contribution in [1.29, 1.82) is 0 Å². The van der Waals surface area contributed by atoms with E-state index in [2.05, 4.69) is 5.32 Å². The number of Topliss-reactive ketones (excluding diaryl/α,β-unsaturated/α-hetero) is 2. The average Bonchev–Trinajstić information content (AvgIpc) is 3.16. The largest absolute Gasteiger partial charge is 0.507 e. The molecule has 1 heterocycles. The molecule has 1 aromatic heterocycles. The summed E-state index contributed by atoms with van der Waals surface area (Å²) in [6, 6.07) is 16.2. The minimum absolute atomic E-state index is 0.204. The highest BCUT2D eigenvalue weighted by Crippen LogP contribution is 2.41. The van der Waals surface area contributed by atoms with Gasteiger partial charge in [-0.1, -0.05) is 71.9 Å². The van der Waals surface area contributed by atoms with Crippen LogP contribution in [0.3, 0.4) is 0 Å². The molecule has 6 heteroatoms. The summed E-state index contributed by atoms with van der Waals surface area (Å²) in [7, 11) is 0. The number of aryl methyl sites for hydroxylation is 2. The molecule has 0 radical (unpaired) electrons. The number of nitrogens with one attached hydrogen (secondary N) is 1. The zero-order valence-electron chi connectivity index (χ0n) is 24.9. The smallest absolute Gasteiger partial charge is 0.255 e. The predicted octanol–water partition coefficient (Wildman–Crippen LogP) is 7.57. The number of aromatic nitrogens is 1. The standard InChI is InChI=1S/C35H36N2O4/c1-18-12-13-19(2)27-26(18)31(39)28(32(27)40)24-15-14-20-10-9-11-25(29(20)36-24)37-33(41)21-16-22(34(3,4)5)30(38)23(17-21)35(6,7)8/h9-17,28,38H,1-8H3,(H,37,41). The Bertz CT molecular complexity index is 1690. The van der Waals surface area contributed by atoms with Gasteiger partial charge in [-0.3, -0.25) is 14.4 Å². The van der Waals surface area contributed by atoms with Crippen LogP contribution in [0.1, 0.15) is 106 Å². The second-order valence-corrected chi connectivity index (χ2v) is 13.1. The second-order valence-electron chi connectivity index (χ2n) is 13.1. The minimum Gasteiger partial charge on any atom is -0.507 e. The van der Waals surface area contributed by atoms with Crippen molar-refractivity contribution >= 4 is 34.1 Å². The maximum atomic E-state index is 13.7. The van der Waals surface area contributed by atoms with Crippen LogP contribution in [-0.4, -0.2) is 27.6 Å². The van der Waals surface area contributed by atoms with E-state index in [1.807, 2.05) is 85.7 Å². The van der Waals surface area contributed by atoms with Crippen LogP contribution in [0.4, 0.5) is 5.69 Å². The van der Waals surface area contributed by atoms with Crippen LogP contribution in [-0.2, 0) is 10.8 Å². The molecule has 0 aliphatic heterocycles. The Hall–Kier alpha value is -4.32. The van der Waals surface area contributed by atoms with Crippen LogP contribution >= 0.6 is 0 Å². The molecule has 1 aliphatic carbocycles. The number of aromatic hydroxyl groups is 1. The lowest BCUT2D eigenvalue weighted by molar-refractivity contribution is 0.0887. The lowest BCUT2D eigenvalue weighted by Gasteiger charge is -2.28. The second kappa shape index (κ2) is 9.65. The van der Waals surface area contributed by atoms with Gasteiger partial charge >= 0.3 is 0 Å². The third kappa shape index (κ3) is 4.82. The molecule has 4 aromatic rings. The topological polar surface area (TPSA) is 96.4 Å². The molecule has 210 valence electrons. The van der Waals surface area contributed by atoms with E-state index >= 15 is 0 Å². The first-order chi connectivity index (χ1) is 19.1. The Labute approximate surface area is 240 Å². The summed E-state index contributed by atoms with van der Waals surface area (Å²) in [5.41, 5.74) is 4.86. The molecule has 3 aromatic carbocycles. The number of carbonyl (C=O) groups excluding carboxylic acids is 3. The van der Waals surface area contributed by atoms with Gasteiger partial charge < -0.3 is 10.4 Å². The van der Waals surface area contributed by atoms with Crippen molar-refractivity contribution in [1.82, 2.24) is 4.98 Å². The molecule has 2 N–H and O–H groups in total. The Balaban J connectivity index is 1.56. The zero-order chi connectivity index (χ0) is 30.0. The molecule has 1 amide bonds. The van der Waals surface area contributed by atoms with Gasteiger partial charge in [-0.25, -0.2) is 4.98 Å². The number of phenols is 1.